The smallest absolute Gasteiger partial charge is 0.408 e. The largest absolute Gasteiger partial charge is 0.465 e. The van der Waals surface area contributed by atoms with Crippen molar-refractivity contribution < 1.29 is 23.9 Å². The molecule has 0 unspecified atom stereocenters. The molecule has 144 valence electrons. The summed E-state index contributed by atoms with van der Waals surface area (Å²) in [4.78, 5) is 35.9. The lowest BCUT2D eigenvalue weighted by atomic mass is 10.1. The first-order valence-corrected chi connectivity index (χ1v) is 9.53. The van der Waals surface area contributed by atoms with E-state index in [0.717, 1.165) is 0 Å². The number of nitrogens with one attached hydrogen (secondary N) is 2. The van der Waals surface area contributed by atoms with Gasteiger partial charge in [-0.25, -0.2) is 9.59 Å². The van der Waals surface area contributed by atoms with E-state index in [0.29, 0.717) is 23.4 Å². The van der Waals surface area contributed by atoms with Crippen LogP contribution in [0.3, 0.4) is 0 Å². The Balaban J connectivity index is 2.75. The lowest BCUT2D eigenvalue weighted by Gasteiger charge is -2.23. The van der Waals surface area contributed by atoms with Crippen LogP contribution in [0.1, 0.15) is 37.6 Å². The predicted octanol–water partition coefficient (Wildman–Crippen LogP) is 3.06. The van der Waals surface area contributed by atoms with Crippen molar-refractivity contribution in [3.05, 3.63) is 29.8 Å². The highest BCUT2D eigenvalue weighted by atomic mass is 32.2. The Hall–Kier alpha value is -2.22. The molecule has 0 aliphatic rings. The van der Waals surface area contributed by atoms with Gasteiger partial charge in [0.1, 0.15) is 11.6 Å². The Bertz CT molecular complexity index is 625. The number of thioether (sulfide) groups is 1. The Morgan fingerprint density at radius 3 is 2.27 bits per heavy atom. The van der Waals surface area contributed by atoms with Crippen LogP contribution in [0.2, 0.25) is 0 Å². The molecule has 1 aromatic carbocycles. The molecule has 1 atom stereocenters. The molecule has 1 rings (SSSR count). The molecule has 0 aliphatic heterocycles. The second-order valence-electron chi connectivity index (χ2n) is 6.54. The zero-order valence-corrected chi connectivity index (χ0v) is 16.6. The van der Waals surface area contributed by atoms with Gasteiger partial charge in [0.2, 0.25) is 5.91 Å². The van der Waals surface area contributed by atoms with Crippen molar-refractivity contribution in [2.45, 2.75) is 38.8 Å². The highest BCUT2D eigenvalue weighted by Crippen LogP contribution is 2.13. The molecule has 0 fully saturated rings. The summed E-state index contributed by atoms with van der Waals surface area (Å²) in [6.45, 7) is 5.27. The molecule has 0 bridgehead atoms. The van der Waals surface area contributed by atoms with Gasteiger partial charge in [0.15, 0.2) is 0 Å². The van der Waals surface area contributed by atoms with Crippen LogP contribution in [-0.2, 0) is 14.3 Å². The van der Waals surface area contributed by atoms with Crippen LogP contribution in [0.4, 0.5) is 10.5 Å². The van der Waals surface area contributed by atoms with E-state index >= 15 is 0 Å². The fourth-order valence-electron chi connectivity index (χ4n) is 1.99. The second-order valence-corrected chi connectivity index (χ2v) is 7.52. The lowest BCUT2D eigenvalue weighted by molar-refractivity contribution is -0.118. The minimum Gasteiger partial charge on any atom is -0.465 e. The van der Waals surface area contributed by atoms with Crippen molar-refractivity contribution in [3.63, 3.8) is 0 Å². The molecule has 26 heavy (non-hydrogen) atoms. The number of hydrogen-bond donors (Lipinski definition) is 2. The quantitative estimate of drug-likeness (QED) is 0.704. The molecule has 0 aliphatic carbocycles. The molecule has 0 heterocycles. The maximum atomic E-state index is 12.5. The van der Waals surface area contributed by atoms with Gasteiger partial charge in [-0.05, 0) is 63.5 Å². The number of amides is 2. The van der Waals surface area contributed by atoms with Gasteiger partial charge in [-0.2, -0.15) is 11.8 Å². The van der Waals surface area contributed by atoms with Gasteiger partial charge < -0.3 is 20.1 Å². The number of anilines is 1. The molecule has 2 N–H and O–H groups in total. The molecule has 0 spiro atoms. The number of rotatable bonds is 7. The Morgan fingerprint density at radius 2 is 1.77 bits per heavy atom. The summed E-state index contributed by atoms with van der Waals surface area (Å²) >= 11 is 1.58. The SMILES string of the molecule is COC(=O)c1ccc(NC(=O)[C@H](CCSC)NC(=O)OC(C)(C)C)cc1. The topological polar surface area (TPSA) is 93.7 Å². The number of esters is 1. The van der Waals surface area contributed by atoms with Crippen LogP contribution < -0.4 is 10.6 Å². The third kappa shape index (κ3) is 7.77. The van der Waals surface area contributed by atoms with Crippen molar-refractivity contribution >= 4 is 35.4 Å². The first-order valence-electron chi connectivity index (χ1n) is 8.14. The van der Waals surface area contributed by atoms with Crippen molar-refractivity contribution in [1.29, 1.82) is 0 Å². The number of carbonyl (C=O) groups excluding carboxylic acids is 3. The van der Waals surface area contributed by atoms with Crippen molar-refractivity contribution in [2.24, 2.45) is 0 Å². The Morgan fingerprint density at radius 1 is 1.15 bits per heavy atom. The van der Waals surface area contributed by atoms with Gasteiger partial charge in [-0.3, -0.25) is 4.79 Å². The highest BCUT2D eigenvalue weighted by molar-refractivity contribution is 7.98. The van der Waals surface area contributed by atoms with Crippen molar-refractivity contribution in [2.75, 3.05) is 24.4 Å². The molecule has 0 saturated heterocycles. The third-order valence-corrected chi connectivity index (χ3v) is 3.84. The summed E-state index contributed by atoms with van der Waals surface area (Å²) in [5.41, 5.74) is 0.257. The van der Waals surface area contributed by atoms with Crippen molar-refractivity contribution in [1.82, 2.24) is 5.32 Å². The fourth-order valence-corrected chi connectivity index (χ4v) is 2.46. The number of hydrogen-bond acceptors (Lipinski definition) is 6. The maximum absolute atomic E-state index is 12.5. The van der Waals surface area contributed by atoms with E-state index < -0.39 is 23.7 Å². The summed E-state index contributed by atoms with van der Waals surface area (Å²) in [7, 11) is 1.30. The van der Waals surface area contributed by atoms with E-state index in [1.165, 1.54) is 7.11 Å². The highest BCUT2D eigenvalue weighted by Gasteiger charge is 2.24. The summed E-state index contributed by atoms with van der Waals surface area (Å²) < 4.78 is 9.85. The molecule has 0 saturated carbocycles. The van der Waals surface area contributed by atoms with E-state index in [9.17, 15) is 14.4 Å². The van der Waals surface area contributed by atoms with Gasteiger partial charge in [0.25, 0.3) is 0 Å². The van der Waals surface area contributed by atoms with E-state index in [2.05, 4.69) is 15.4 Å². The predicted molar refractivity (Wildman–Crippen MR) is 103 cm³/mol. The van der Waals surface area contributed by atoms with Crippen LogP contribution in [0.25, 0.3) is 0 Å². The van der Waals surface area contributed by atoms with Gasteiger partial charge in [0, 0.05) is 5.69 Å². The maximum Gasteiger partial charge on any atom is 0.408 e. The van der Waals surface area contributed by atoms with E-state index in [1.54, 1.807) is 56.8 Å². The number of benzene rings is 1. The van der Waals surface area contributed by atoms with E-state index in [-0.39, 0.29) is 5.91 Å². The summed E-state index contributed by atoms with van der Waals surface area (Å²) in [5.74, 6) is -0.0992. The molecule has 0 radical (unpaired) electrons. The Kier molecular flexibility index (Phi) is 8.44. The monoisotopic (exact) mass is 382 g/mol. The standard InChI is InChI=1S/C18H26N2O5S/c1-18(2,3)25-17(23)20-14(10-11-26-5)15(21)19-13-8-6-12(7-9-13)16(22)24-4/h6-9,14H,10-11H2,1-5H3,(H,19,21)(H,20,23)/t14-/m0/s1. The molecular weight excluding hydrogens is 356 g/mol. The fraction of sp³-hybridized carbons (Fsp3) is 0.500. The average molecular weight is 382 g/mol. The minimum atomic E-state index is -0.724. The average Bonchev–Trinajstić information content (AvgIpc) is 2.56. The zero-order valence-electron chi connectivity index (χ0n) is 15.8. The van der Waals surface area contributed by atoms with Crippen LogP contribution in [-0.4, -0.2) is 48.7 Å². The zero-order chi connectivity index (χ0) is 19.7. The molecule has 8 heteroatoms. The normalized spacial score (nSPS) is 12.0. The molecule has 2 amide bonds. The molecular formula is C18H26N2O5S. The molecule has 7 nitrogen and oxygen atoms in total. The number of ether oxygens (including phenoxy) is 2. The Labute approximate surface area is 158 Å². The number of methoxy groups -OCH3 is 1. The molecule has 0 aromatic heterocycles. The van der Waals surface area contributed by atoms with E-state index in [4.69, 9.17) is 4.74 Å². The van der Waals surface area contributed by atoms with Gasteiger partial charge in [-0.1, -0.05) is 0 Å². The first kappa shape index (κ1) is 21.8. The summed E-state index contributed by atoms with van der Waals surface area (Å²) in [6.07, 6.45) is 1.75. The van der Waals surface area contributed by atoms with Crippen LogP contribution in [0.15, 0.2) is 24.3 Å². The molecule has 1 aromatic rings. The second kappa shape index (κ2) is 10.1. The van der Waals surface area contributed by atoms with Gasteiger partial charge in [0.05, 0.1) is 12.7 Å². The number of alkyl carbamates (subject to hydrolysis) is 1. The first-order chi connectivity index (χ1) is 12.2. The van der Waals surface area contributed by atoms with Crippen molar-refractivity contribution in [3.8, 4) is 0 Å². The number of carbonyl (C=O) groups is 3. The van der Waals surface area contributed by atoms with Gasteiger partial charge in [-0.15, -0.1) is 0 Å². The summed E-state index contributed by atoms with van der Waals surface area (Å²) in [5, 5.41) is 5.34. The minimum absolute atomic E-state index is 0.351. The third-order valence-electron chi connectivity index (χ3n) is 3.19. The summed E-state index contributed by atoms with van der Waals surface area (Å²) in [6, 6.07) is 5.59. The van der Waals surface area contributed by atoms with E-state index in [1.807, 2.05) is 6.26 Å². The van der Waals surface area contributed by atoms with Crippen LogP contribution in [0.5, 0.6) is 0 Å². The van der Waals surface area contributed by atoms with Crippen LogP contribution in [0, 0.1) is 0 Å². The van der Waals surface area contributed by atoms with Gasteiger partial charge >= 0.3 is 12.1 Å². The lowest BCUT2D eigenvalue weighted by Crippen LogP contribution is -2.46. The van der Waals surface area contributed by atoms with Crippen LogP contribution >= 0.6 is 11.8 Å².